The summed E-state index contributed by atoms with van der Waals surface area (Å²) in [6, 6.07) is 5.31. The van der Waals surface area contributed by atoms with Gasteiger partial charge in [-0.2, -0.15) is 0 Å². The molecule has 1 fully saturated rings. The number of benzene rings is 1. The molecule has 0 spiro atoms. The van der Waals surface area contributed by atoms with Crippen LogP contribution in [0.4, 0.5) is 4.39 Å². The second-order valence-corrected chi connectivity index (χ2v) is 4.50. The van der Waals surface area contributed by atoms with Crippen LogP contribution in [0.15, 0.2) is 23.2 Å². The maximum atomic E-state index is 13.3. The van der Waals surface area contributed by atoms with Crippen molar-refractivity contribution in [1.82, 2.24) is 10.6 Å². The summed E-state index contributed by atoms with van der Waals surface area (Å²) in [5.41, 5.74) is 0.982. The van der Waals surface area contributed by atoms with Gasteiger partial charge in [-0.3, -0.25) is 4.99 Å². The van der Waals surface area contributed by atoms with E-state index < -0.39 is 0 Å². The Kier molecular flexibility index (Phi) is 3.52. The smallest absolute Gasteiger partial charge is 0.190 e. The number of nitrogens with one attached hydrogen (secondary N) is 2. The van der Waals surface area contributed by atoms with Crippen molar-refractivity contribution in [2.75, 3.05) is 14.1 Å². The molecule has 0 radical (unpaired) electrons. The minimum absolute atomic E-state index is 0.171. The van der Waals surface area contributed by atoms with Gasteiger partial charge in [0.15, 0.2) is 5.96 Å². The molecule has 0 unspecified atom stereocenters. The first-order valence-electron chi connectivity index (χ1n) is 5.51. The molecule has 1 aliphatic carbocycles. The van der Waals surface area contributed by atoms with Gasteiger partial charge in [0.1, 0.15) is 5.82 Å². The zero-order chi connectivity index (χ0) is 12.4. The van der Waals surface area contributed by atoms with Crippen molar-refractivity contribution in [2.24, 2.45) is 4.99 Å². The van der Waals surface area contributed by atoms with Crippen molar-refractivity contribution in [3.8, 4) is 0 Å². The van der Waals surface area contributed by atoms with E-state index in [0.29, 0.717) is 12.0 Å². The van der Waals surface area contributed by atoms with E-state index in [1.165, 1.54) is 6.07 Å². The van der Waals surface area contributed by atoms with Crippen LogP contribution in [0.25, 0.3) is 0 Å². The zero-order valence-corrected chi connectivity index (χ0v) is 10.6. The third-order valence-electron chi connectivity index (χ3n) is 2.94. The number of nitrogens with zero attached hydrogens (tertiary/aromatic N) is 1. The molecular weight excluding hydrogens is 241 g/mol. The summed E-state index contributed by atoms with van der Waals surface area (Å²) in [7, 11) is 3.53. The Labute approximate surface area is 105 Å². The Morgan fingerprint density at radius 1 is 1.53 bits per heavy atom. The van der Waals surface area contributed by atoms with Crippen LogP contribution in [0, 0.1) is 5.82 Å². The number of hydrogen-bond acceptors (Lipinski definition) is 1. The quantitative estimate of drug-likeness (QED) is 0.628. The number of halogens is 2. The summed E-state index contributed by atoms with van der Waals surface area (Å²) in [4.78, 5) is 4.05. The van der Waals surface area contributed by atoms with Crippen LogP contribution >= 0.6 is 11.6 Å². The maximum Gasteiger partial charge on any atom is 0.190 e. The van der Waals surface area contributed by atoms with Gasteiger partial charge in [0.05, 0.1) is 5.02 Å². The van der Waals surface area contributed by atoms with E-state index in [9.17, 15) is 4.39 Å². The highest BCUT2D eigenvalue weighted by molar-refractivity contribution is 6.30. The molecule has 5 heteroatoms. The van der Waals surface area contributed by atoms with E-state index in [1.807, 2.05) is 13.1 Å². The molecule has 0 saturated heterocycles. The van der Waals surface area contributed by atoms with Gasteiger partial charge in [0, 0.05) is 26.1 Å². The van der Waals surface area contributed by atoms with E-state index in [0.717, 1.165) is 17.9 Å². The van der Waals surface area contributed by atoms with Gasteiger partial charge in [-0.05, 0) is 24.1 Å². The lowest BCUT2D eigenvalue weighted by atomic mass is 10.1. The summed E-state index contributed by atoms with van der Waals surface area (Å²) in [6.07, 6.45) is 0.988. The topological polar surface area (TPSA) is 36.4 Å². The van der Waals surface area contributed by atoms with Crippen molar-refractivity contribution in [1.29, 1.82) is 0 Å². The molecule has 1 saturated carbocycles. The molecule has 1 aromatic carbocycles. The van der Waals surface area contributed by atoms with Crippen LogP contribution < -0.4 is 10.6 Å². The fraction of sp³-hybridized carbons (Fsp3) is 0.417. The van der Waals surface area contributed by atoms with Gasteiger partial charge in [-0.1, -0.05) is 17.7 Å². The third kappa shape index (κ3) is 2.69. The summed E-state index contributed by atoms with van der Waals surface area (Å²) in [5.74, 6) is 0.742. The lowest BCUT2D eigenvalue weighted by Crippen LogP contribution is -2.36. The largest absolute Gasteiger partial charge is 0.359 e. The average Bonchev–Trinajstić information content (AvgIpc) is 3.09. The van der Waals surface area contributed by atoms with E-state index in [2.05, 4.69) is 15.6 Å². The van der Waals surface area contributed by atoms with Gasteiger partial charge < -0.3 is 10.6 Å². The predicted molar refractivity (Wildman–Crippen MR) is 68.1 cm³/mol. The van der Waals surface area contributed by atoms with Gasteiger partial charge in [-0.15, -0.1) is 0 Å². The van der Waals surface area contributed by atoms with Crippen LogP contribution in [0.5, 0.6) is 0 Å². The van der Waals surface area contributed by atoms with Crippen LogP contribution in [0.2, 0.25) is 5.02 Å². The minimum atomic E-state index is -0.354. The first-order valence-corrected chi connectivity index (χ1v) is 5.89. The van der Waals surface area contributed by atoms with Crippen molar-refractivity contribution < 1.29 is 4.39 Å². The molecule has 92 valence electrons. The highest BCUT2D eigenvalue weighted by Gasteiger charge is 2.39. The number of aliphatic imine (C=N–C) groups is 1. The summed E-state index contributed by atoms with van der Waals surface area (Å²) in [6.45, 7) is 0. The number of hydrogen-bond donors (Lipinski definition) is 2. The van der Waals surface area contributed by atoms with Gasteiger partial charge >= 0.3 is 0 Å². The van der Waals surface area contributed by atoms with Gasteiger partial charge in [0.2, 0.25) is 0 Å². The lowest BCUT2D eigenvalue weighted by molar-refractivity contribution is 0.625. The molecule has 0 aliphatic heterocycles. The molecule has 0 bridgehead atoms. The van der Waals surface area contributed by atoms with E-state index in [4.69, 9.17) is 11.6 Å². The third-order valence-corrected chi connectivity index (χ3v) is 3.25. The monoisotopic (exact) mass is 255 g/mol. The van der Waals surface area contributed by atoms with Crippen LogP contribution in [0.1, 0.15) is 17.9 Å². The van der Waals surface area contributed by atoms with E-state index in [-0.39, 0.29) is 10.8 Å². The zero-order valence-electron chi connectivity index (χ0n) is 9.80. The second-order valence-electron chi connectivity index (χ2n) is 4.09. The molecule has 0 aromatic heterocycles. The average molecular weight is 256 g/mol. The molecule has 17 heavy (non-hydrogen) atoms. The van der Waals surface area contributed by atoms with Crippen molar-refractivity contribution >= 4 is 17.6 Å². The Morgan fingerprint density at radius 3 is 2.88 bits per heavy atom. The SMILES string of the molecule is CN=C(NC)N[C@@H]1C[C@H]1c1ccc(Cl)c(F)c1. The van der Waals surface area contributed by atoms with Gasteiger partial charge in [0.25, 0.3) is 0 Å². The van der Waals surface area contributed by atoms with E-state index in [1.54, 1.807) is 13.1 Å². The van der Waals surface area contributed by atoms with Crippen LogP contribution in [-0.2, 0) is 0 Å². The molecule has 2 N–H and O–H groups in total. The van der Waals surface area contributed by atoms with Crippen molar-refractivity contribution in [2.45, 2.75) is 18.4 Å². The molecule has 2 atom stereocenters. The fourth-order valence-corrected chi connectivity index (χ4v) is 2.01. The normalized spacial score (nSPS) is 23.4. The van der Waals surface area contributed by atoms with Crippen LogP contribution in [0.3, 0.4) is 0 Å². The summed E-state index contributed by atoms with van der Waals surface area (Å²) in [5, 5.41) is 6.39. The first-order chi connectivity index (χ1) is 8.15. The Bertz CT molecular complexity index is 447. The standard InChI is InChI=1S/C12H15ClFN3/c1-15-12(16-2)17-11-6-8(11)7-3-4-9(13)10(14)5-7/h3-5,8,11H,6H2,1-2H3,(H2,15,16,17)/t8-,11+/m0/s1. The van der Waals surface area contributed by atoms with E-state index >= 15 is 0 Å². The predicted octanol–water partition coefficient (Wildman–Crippen LogP) is 2.13. The highest BCUT2D eigenvalue weighted by Crippen LogP contribution is 2.41. The maximum absolute atomic E-state index is 13.3. The highest BCUT2D eigenvalue weighted by atomic mass is 35.5. The fourth-order valence-electron chi connectivity index (χ4n) is 1.89. The molecule has 1 aromatic rings. The number of rotatable bonds is 2. The molecule has 3 nitrogen and oxygen atoms in total. The van der Waals surface area contributed by atoms with Gasteiger partial charge in [-0.25, -0.2) is 4.39 Å². The molecule has 0 heterocycles. The second kappa shape index (κ2) is 4.92. The summed E-state index contributed by atoms with van der Waals surface area (Å²) < 4.78 is 13.3. The molecule has 1 aliphatic rings. The lowest BCUT2D eigenvalue weighted by Gasteiger charge is -2.08. The first kappa shape index (κ1) is 12.2. The minimum Gasteiger partial charge on any atom is -0.359 e. The van der Waals surface area contributed by atoms with Crippen molar-refractivity contribution in [3.63, 3.8) is 0 Å². The van der Waals surface area contributed by atoms with Crippen LogP contribution in [-0.4, -0.2) is 26.1 Å². The summed E-state index contributed by atoms with van der Waals surface area (Å²) >= 11 is 5.65. The Morgan fingerprint density at radius 2 is 2.29 bits per heavy atom. The molecule has 2 rings (SSSR count). The molecular formula is C12H15ClFN3. The number of guanidine groups is 1. The van der Waals surface area contributed by atoms with Crippen molar-refractivity contribution in [3.05, 3.63) is 34.6 Å². The molecule has 0 amide bonds. The Hall–Kier alpha value is -1.29. The Balaban J connectivity index is 2.00.